The molecule has 2 rings (SSSR count). The second-order valence-electron chi connectivity index (χ2n) is 8.69. The third kappa shape index (κ3) is 3.25. The molecule has 0 amide bonds. The minimum absolute atomic E-state index is 0.0722. The lowest BCUT2D eigenvalue weighted by atomic mass is 9.85. The van der Waals surface area contributed by atoms with Gasteiger partial charge in [-0.2, -0.15) is 0 Å². The maximum atomic E-state index is 11.3. The Morgan fingerprint density at radius 3 is 2.41 bits per heavy atom. The second kappa shape index (κ2) is 5.89. The molecule has 0 aliphatic heterocycles. The summed E-state index contributed by atoms with van der Waals surface area (Å²) in [7, 11) is -2.04. The molecule has 0 spiro atoms. The van der Waals surface area contributed by atoms with Gasteiger partial charge < -0.3 is 14.6 Å². The lowest BCUT2D eigenvalue weighted by molar-refractivity contribution is -0.115. The molecule has 5 atom stereocenters. The topological polar surface area (TPSA) is 49.7 Å². The molecule has 4 heteroatoms. The van der Waals surface area contributed by atoms with Gasteiger partial charge in [0.1, 0.15) is 5.60 Å². The van der Waals surface area contributed by atoms with Gasteiger partial charge in [0.15, 0.2) is 8.32 Å². The van der Waals surface area contributed by atoms with Crippen molar-refractivity contribution in [2.45, 2.75) is 76.5 Å². The van der Waals surface area contributed by atoms with Crippen molar-refractivity contribution in [3.8, 4) is 0 Å². The smallest absolute Gasteiger partial charge is 0.192 e. The van der Waals surface area contributed by atoms with Crippen molar-refractivity contribution < 1.29 is 14.6 Å². The fourth-order valence-electron chi connectivity index (χ4n) is 3.26. The Labute approximate surface area is 136 Å². The van der Waals surface area contributed by atoms with Gasteiger partial charge in [-0.1, -0.05) is 45.9 Å². The van der Waals surface area contributed by atoms with E-state index in [4.69, 9.17) is 4.43 Å². The Balaban J connectivity index is 2.42. The van der Waals surface area contributed by atoms with E-state index in [0.717, 1.165) is 6.42 Å². The second-order valence-corrected chi connectivity index (χ2v) is 13.4. The van der Waals surface area contributed by atoms with Gasteiger partial charge >= 0.3 is 0 Å². The number of allylic oxidation sites excluding steroid dienone is 2. The van der Waals surface area contributed by atoms with E-state index in [1.807, 2.05) is 12.2 Å². The highest BCUT2D eigenvalue weighted by Crippen LogP contribution is 2.44. The number of rotatable bonds is 2. The summed E-state index contributed by atoms with van der Waals surface area (Å²) in [5.74, 6) is 0.511. The molecule has 2 bridgehead atoms. The number of aliphatic hydroxyl groups excluding tert-OH is 1. The minimum atomic E-state index is -2.04. The number of hydrogen-bond donors (Lipinski definition) is 2. The summed E-state index contributed by atoms with van der Waals surface area (Å²) >= 11 is 0. The predicted molar refractivity (Wildman–Crippen MR) is 93.2 cm³/mol. The van der Waals surface area contributed by atoms with Crippen LogP contribution in [0.4, 0.5) is 0 Å². The van der Waals surface area contributed by atoms with E-state index < -0.39 is 20.0 Å². The molecule has 2 aliphatic carbocycles. The van der Waals surface area contributed by atoms with Crippen LogP contribution < -0.4 is 0 Å². The van der Waals surface area contributed by atoms with E-state index >= 15 is 0 Å². The van der Waals surface area contributed by atoms with Crippen LogP contribution in [0.5, 0.6) is 0 Å². The SMILES string of the molecule is C[C@@H]1C[C@H]2C=CC=C[C@@](O)([C@H](O)C1)[C@@H]2O[Si](C)(C)C(C)(C)C. The Kier molecular flexibility index (Phi) is 4.80. The molecule has 126 valence electrons. The third-order valence-corrected chi connectivity index (χ3v) is 10.2. The third-order valence-electron chi connectivity index (χ3n) is 5.74. The van der Waals surface area contributed by atoms with Crippen LogP contribution in [0.25, 0.3) is 0 Å². The average Bonchev–Trinajstić information content (AvgIpc) is 2.55. The highest BCUT2D eigenvalue weighted by molar-refractivity contribution is 6.74. The molecule has 0 unspecified atom stereocenters. The molecule has 3 nitrogen and oxygen atoms in total. The Morgan fingerprint density at radius 2 is 1.82 bits per heavy atom. The maximum absolute atomic E-state index is 11.3. The first-order chi connectivity index (χ1) is 9.97. The van der Waals surface area contributed by atoms with Crippen LogP contribution in [0.3, 0.4) is 0 Å². The quantitative estimate of drug-likeness (QED) is 0.762. The molecular weight excluding hydrogens is 292 g/mol. The molecule has 0 aromatic rings. The Hall–Kier alpha value is -0.423. The largest absolute Gasteiger partial charge is 0.410 e. The fourth-order valence-corrected chi connectivity index (χ4v) is 4.62. The van der Waals surface area contributed by atoms with Gasteiger partial charge in [-0.3, -0.25) is 0 Å². The van der Waals surface area contributed by atoms with Gasteiger partial charge in [0, 0.05) is 5.92 Å². The van der Waals surface area contributed by atoms with Crippen molar-refractivity contribution in [2.75, 3.05) is 0 Å². The maximum Gasteiger partial charge on any atom is 0.192 e. The summed E-state index contributed by atoms with van der Waals surface area (Å²) in [5, 5.41) is 22.0. The van der Waals surface area contributed by atoms with E-state index in [1.165, 1.54) is 0 Å². The lowest BCUT2D eigenvalue weighted by Gasteiger charge is -2.46. The fraction of sp³-hybridized carbons (Fsp3) is 0.778. The molecule has 1 fully saturated rings. The van der Waals surface area contributed by atoms with Crippen LogP contribution in [-0.4, -0.2) is 36.3 Å². The zero-order chi connectivity index (χ0) is 16.8. The molecule has 2 N–H and O–H groups in total. The Morgan fingerprint density at radius 1 is 1.18 bits per heavy atom. The van der Waals surface area contributed by atoms with Crippen LogP contribution in [0, 0.1) is 11.8 Å². The van der Waals surface area contributed by atoms with Crippen molar-refractivity contribution in [1.82, 2.24) is 0 Å². The highest BCUT2D eigenvalue weighted by Gasteiger charge is 2.52. The number of hydrogen-bond acceptors (Lipinski definition) is 3. The molecule has 0 radical (unpaired) electrons. The van der Waals surface area contributed by atoms with E-state index in [-0.39, 0.29) is 17.1 Å². The van der Waals surface area contributed by atoms with Crippen molar-refractivity contribution in [1.29, 1.82) is 0 Å². The summed E-state index contributed by atoms with van der Waals surface area (Å²) in [5.41, 5.74) is -1.30. The summed E-state index contributed by atoms with van der Waals surface area (Å²) in [4.78, 5) is 0. The van der Waals surface area contributed by atoms with Crippen molar-refractivity contribution in [3.05, 3.63) is 24.3 Å². The highest BCUT2D eigenvalue weighted by atomic mass is 28.4. The van der Waals surface area contributed by atoms with Crippen molar-refractivity contribution in [2.24, 2.45) is 11.8 Å². The summed E-state index contributed by atoms with van der Waals surface area (Å²) in [6.45, 7) is 13.2. The average molecular weight is 325 g/mol. The zero-order valence-electron chi connectivity index (χ0n) is 14.8. The van der Waals surface area contributed by atoms with Gasteiger partial charge in [0.2, 0.25) is 0 Å². The first kappa shape index (κ1) is 17.9. The van der Waals surface area contributed by atoms with Crippen LogP contribution in [0.1, 0.15) is 40.5 Å². The summed E-state index contributed by atoms with van der Waals surface area (Å²) in [6, 6.07) is 0. The van der Waals surface area contributed by atoms with E-state index in [0.29, 0.717) is 12.3 Å². The van der Waals surface area contributed by atoms with E-state index in [9.17, 15) is 10.2 Å². The number of fused-ring (bicyclic) bond motifs is 2. The minimum Gasteiger partial charge on any atom is -0.410 e. The monoisotopic (exact) mass is 324 g/mol. The van der Waals surface area contributed by atoms with Gasteiger partial charge in [-0.25, -0.2) is 0 Å². The lowest BCUT2D eigenvalue weighted by Crippen LogP contribution is -2.58. The predicted octanol–water partition coefficient (Wildman–Crippen LogP) is 3.64. The molecule has 0 heterocycles. The zero-order valence-corrected chi connectivity index (χ0v) is 15.8. The van der Waals surface area contributed by atoms with Crippen LogP contribution in [0.15, 0.2) is 24.3 Å². The molecule has 22 heavy (non-hydrogen) atoms. The molecular formula is C18H32O3Si. The Bertz CT molecular complexity index is 463. The van der Waals surface area contributed by atoms with E-state index in [1.54, 1.807) is 6.08 Å². The van der Waals surface area contributed by atoms with Crippen molar-refractivity contribution in [3.63, 3.8) is 0 Å². The number of aliphatic hydroxyl groups is 2. The van der Waals surface area contributed by atoms with Gasteiger partial charge in [-0.05, 0) is 43.0 Å². The summed E-state index contributed by atoms with van der Waals surface area (Å²) < 4.78 is 6.62. The molecule has 2 aliphatic rings. The van der Waals surface area contributed by atoms with E-state index in [2.05, 4.69) is 46.9 Å². The van der Waals surface area contributed by atoms with Crippen LogP contribution >= 0.6 is 0 Å². The van der Waals surface area contributed by atoms with Crippen LogP contribution in [-0.2, 0) is 4.43 Å². The summed E-state index contributed by atoms with van der Waals surface area (Å²) in [6.07, 6.45) is 8.11. The molecule has 1 saturated carbocycles. The normalized spacial score (nSPS) is 39.5. The first-order valence-corrected chi connectivity index (χ1v) is 11.3. The first-order valence-electron chi connectivity index (χ1n) is 8.41. The van der Waals surface area contributed by atoms with Gasteiger partial charge in [0.25, 0.3) is 0 Å². The standard InChI is InChI=1S/C18H32O3Si/c1-13-11-14-9-7-8-10-18(20,15(19)12-13)16(14)21-22(5,6)17(2,3)4/h7-10,13-16,19-20H,11-12H2,1-6H3/t13-,14-,15-,16-,18-/m1/s1. The van der Waals surface area contributed by atoms with Crippen molar-refractivity contribution >= 4 is 8.32 Å². The molecule has 0 aromatic heterocycles. The van der Waals surface area contributed by atoms with Gasteiger partial charge in [0.05, 0.1) is 12.2 Å². The van der Waals surface area contributed by atoms with Gasteiger partial charge in [-0.15, -0.1) is 0 Å². The molecule has 0 aromatic carbocycles. The van der Waals surface area contributed by atoms with Crippen LogP contribution in [0.2, 0.25) is 18.1 Å². The molecule has 0 saturated heterocycles.